The van der Waals surface area contributed by atoms with Gasteiger partial charge in [-0.05, 0) is 12.0 Å². The van der Waals surface area contributed by atoms with Gasteiger partial charge in [0.05, 0.1) is 12.3 Å². The molecule has 0 bridgehead atoms. The van der Waals surface area contributed by atoms with Crippen LogP contribution in [0.4, 0.5) is 0 Å². The number of hydrogen-bond donors (Lipinski definition) is 1. The molecule has 9 heteroatoms. The second kappa shape index (κ2) is 5.88. The number of hydrogen-bond acceptors (Lipinski definition) is 6. The Kier molecular flexibility index (Phi) is 3.95. The van der Waals surface area contributed by atoms with Crippen LogP contribution in [-0.2, 0) is 23.0 Å². The highest BCUT2D eigenvalue weighted by Gasteiger charge is 2.12. The first-order valence-electron chi connectivity index (χ1n) is 6.29. The van der Waals surface area contributed by atoms with E-state index in [1.807, 2.05) is 30.3 Å². The number of benzene rings is 1. The van der Waals surface area contributed by atoms with Crippen LogP contribution in [0.1, 0.15) is 10.6 Å². The Morgan fingerprint density at radius 1 is 1.24 bits per heavy atom. The quantitative estimate of drug-likeness (QED) is 0.726. The Hall–Kier alpha value is -1.84. The Morgan fingerprint density at radius 2 is 2.05 bits per heavy atom. The Bertz CT molecular complexity index is 797. The molecule has 0 aliphatic rings. The van der Waals surface area contributed by atoms with Crippen LogP contribution in [0.25, 0.3) is 4.96 Å². The van der Waals surface area contributed by atoms with E-state index < -0.39 is 10.0 Å². The van der Waals surface area contributed by atoms with Crippen molar-refractivity contribution < 1.29 is 8.42 Å². The largest absolute Gasteiger partial charge is 0.234 e. The number of nitrogens with zero attached hydrogens (tertiary/aromatic N) is 4. The van der Waals surface area contributed by atoms with Crippen molar-refractivity contribution in [3.05, 3.63) is 47.2 Å². The van der Waals surface area contributed by atoms with Crippen molar-refractivity contribution in [1.29, 1.82) is 0 Å². The van der Waals surface area contributed by atoms with Crippen molar-refractivity contribution in [1.82, 2.24) is 24.5 Å². The molecule has 3 aromatic rings. The number of aryl methyl sites for hydroxylation is 1. The van der Waals surface area contributed by atoms with E-state index in [0.717, 1.165) is 5.56 Å². The van der Waals surface area contributed by atoms with Crippen LogP contribution in [0.5, 0.6) is 0 Å². The molecule has 0 radical (unpaired) electrons. The fourth-order valence-corrected chi connectivity index (χ4v) is 3.66. The molecule has 0 saturated heterocycles. The van der Waals surface area contributed by atoms with Crippen LogP contribution in [0.2, 0.25) is 0 Å². The molecule has 0 spiro atoms. The van der Waals surface area contributed by atoms with Crippen molar-refractivity contribution in [3.8, 4) is 0 Å². The molecular formula is C12H13N5O2S2. The number of aromatic nitrogens is 4. The maximum absolute atomic E-state index is 12.0. The summed E-state index contributed by atoms with van der Waals surface area (Å²) in [6.07, 6.45) is 1.97. The molecule has 0 amide bonds. The van der Waals surface area contributed by atoms with Crippen LogP contribution in [-0.4, -0.2) is 34.0 Å². The second-order valence-corrected chi connectivity index (χ2v) is 7.40. The average Bonchev–Trinajstić information content (AvgIpc) is 3.05. The molecule has 0 aliphatic heterocycles. The second-order valence-electron chi connectivity index (χ2n) is 4.43. The van der Waals surface area contributed by atoms with Gasteiger partial charge in [-0.25, -0.2) is 13.1 Å². The van der Waals surface area contributed by atoms with E-state index in [0.29, 0.717) is 16.4 Å². The number of sulfonamides is 1. The molecule has 7 nitrogen and oxygen atoms in total. The molecule has 1 N–H and O–H groups in total. The van der Waals surface area contributed by atoms with E-state index in [9.17, 15) is 8.42 Å². The van der Waals surface area contributed by atoms with Crippen molar-refractivity contribution in [3.63, 3.8) is 0 Å². The summed E-state index contributed by atoms with van der Waals surface area (Å²) in [5.74, 6) is 0.0566. The zero-order valence-corrected chi connectivity index (χ0v) is 12.6. The summed E-state index contributed by atoms with van der Waals surface area (Å²) in [5, 5.41) is 12.4. The SMILES string of the molecule is O=S(=O)(CCc1ccccc1)NCc1nn2cnnc2s1. The first kappa shape index (κ1) is 14.1. The van der Waals surface area contributed by atoms with E-state index in [-0.39, 0.29) is 12.3 Å². The molecule has 1 aromatic carbocycles. The van der Waals surface area contributed by atoms with Crippen LogP contribution in [0.3, 0.4) is 0 Å². The van der Waals surface area contributed by atoms with E-state index in [2.05, 4.69) is 20.0 Å². The summed E-state index contributed by atoms with van der Waals surface area (Å²) < 4.78 is 28.0. The van der Waals surface area contributed by atoms with E-state index in [1.54, 1.807) is 0 Å². The molecule has 3 rings (SSSR count). The fourth-order valence-electron chi connectivity index (χ4n) is 1.81. The van der Waals surface area contributed by atoms with Gasteiger partial charge >= 0.3 is 0 Å². The van der Waals surface area contributed by atoms with Gasteiger partial charge < -0.3 is 0 Å². The maximum atomic E-state index is 12.0. The standard InChI is InChI=1S/C12H13N5O2S2/c18-21(19,7-6-10-4-2-1-3-5-10)14-8-11-16-17-9-13-15-12(17)20-11/h1-5,9,14H,6-8H2. The Labute approximate surface area is 125 Å². The zero-order chi connectivity index (χ0) is 14.7. The summed E-state index contributed by atoms with van der Waals surface area (Å²) in [6.45, 7) is 0.172. The fraction of sp³-hybridized carbons (Fsp3) is 0.250. The van der Waals surface area contributed by atoms with Gasteiger partial charge in [-0.3, -0.25) is 0 Å². The third-order valence-corrected chi connectivity index (χ3v) is 5.11. The van der Waals surface area contributed by atoms with Crippen LogP contribution in [0.15, 0.2) is 36.7 Å². The molecular weight excluding hydrogens is 310 g/mol. The van der Waals surface area contributed by atoms with Crippen molar-refractivity contribution >= 4 is 26.3 Å². The number of nitrogens with one attached hydrogen (secondary N) is 1. The number of fused-ring (bicyclic) bond motifs is 1. The lowest BCUT2D eigenvalue weighted by Crippen LogP contribution is -2.26. The molecule has 21 heavy (non-hydrogen) atoms. The van der Waals surface area contributed by atoms with Gasteiger partial charge in [0.15, 0.2) is 0 Å². The highest BCUT2D eigenvalue weighted by atomic mass is 32.2. The van der Waals surface area contributed by atoms with Crippen molar-refractivity contribution in [2.75, 3.05) is 5.75 Å². The summed E-state index contributed by atoms with van der Waals surface area (Å²) in [7, 11) is -3.33. The van der Waals surface area contributed by atoms with E-state index in [1.165, 1.54) is 22.2 Å². The van der Waals surface area contributed by atoms with Gasteiger partial charge in [0.2, 0.25) is 15.0 Å². The van der Waals surface area contributed by atoms with Crippen LogP contribution < -0.4 is 4.72 Å². The van der Waals surface area contributed by atoms with Crippen LogP contribution in [0, 0.1) is 0 Å². The van der Waals surface area contributed by atoms with Gasteiger partial charge in [0.1, 0.15) is 11.3 Å². The highest BCUT2D eigenvalue weighted by Crippen LogP contribution is 2.11. The van der Waals surface area contributed by atoms with E-state index >= 15 is 0 Å². The van der Waals surface area contributed by atoms with Crippen molar-refractivity contribution in [2.45, 2.75) is 13.0 Å². The molecule has 0 fully saturated rings. The molecule has 0 aliphatic carbocycles. The Balaban J connectivity index is 1.57. The maximum Gasteiger partial charge on any atom is 0.234 e. The van der Waals surface area contributed by atoms with Gasteiger partial charge in [0.25, 0.3) is 0 Å². The first-order valence-corrected chi connectivity index (χ1v) is 8.76. The molecule has 0 saturated carbocycles. The molecule has 2 heterocycles. The zero-order valence-electron chi connectivity index (χ0n) is 11.0. The summed E-state index contributed by atoms with van der Waals surface area (Å²) in [6, 6.07) is 9.53. The minimum atomic E-state index is -3.33. The lowest BCUT2D eigenvalue weighted by molar-refractivity contribution is 0.580. The normalized spacial score (nSPS) is 12.0. The number of rotatable bonds is 6. The molecule has 2 aromatic heterocycles. The van der Waals surface area contributed by atoms with Gasteiger partial charge in [-0.1, -0.05) is 41.7 Å². The lowest BCUT2D eigenvalue weighted by atomic mass is 10.2. The van der Waals surface area contributed by atoms with Gasteiger partial charge in [-0.2, -0.15) is 9.61 Å². The lowest BCUT2D eigenvalue weighted by Gasteiger charge is -2.05. The molecule has 110 valence electrons. The first-order chi connectivity index (χ1) is 10.1. The predicted molar refractivity (Wildman–Crippen MR) is 79.4 cm³/mol. The topological polar surface area (TPSA) is 89.2 Å². The summed E-state index contributed by atoms with van der Waals surface area (Å²) in [5.41, 5.74) is 1.00. The van der Waals surface area contributed by atoms with Crippen LogP contribution >= 0.6 is 11.3 Å². The minimum absolute atomic E-state index is 0.0566. The molecule has 0 atom stereocenters. The third-order valence-electron chi connectivity index (χ3n) is 2.87. The smallest absolute Gasteiger partial charge is 0.212 e. The summed E-state index contributed by atoms with van der Waals surface area (Å²) in [4.78, 5) is 0.647. The molecule has 0 unspecified atom stereocenters. The monoisotopic (exact) mass is 323 g/mol. The van der Waals surface area contributed by atoms with Crippen molar-refractivity contribution in [2.24, 2.45) is 0 Å². The van der Waals surface area contributed by atoms with E-state index in [4.69, 9.17) is 0 Å². The summed E-state index contributed by atoms with van der Waals surface area (Å²) >= 11 is 1.31. The minimum Gasteiger partial charge on any atom is -0.212 e. The predicted octanol–water partition coefficient (Wildman–Crippen LogP) is 0.848. The van der Waals surface area contributed by atoms with Gasteiger partial charge in [-0.15, -0.1) is 10.2 Å². The average molecular weight is 323 g/mol. The third kappa shape index (κ3) is 3.63. The Morgan fingerprint density at radius 3 is 2.81 bits per heavy atom. The highest BCUT2D eigenvalue weighted by molar-refractivity contribution is 7.89. The van der Waals surface area contributed by atoms with Gasteiger partial charge in [0, 0.05) is 0 Å².